The maximum absolute atomic E-state index is 12.3. The SMILES string of the molecule is N#Cc1ccsc1NC(=O)c1ccc(CS(=O)(=O)c2ccccc2)o1. The molecular formula is C17H12N2O4S2. The molecule has 0 bridgehead atoms. The van der Waals surface area contributed by atoms with Gasteiger partial charge in [0.2, 0.25) is 0 Å². The van der Waals surface area contributed by atoms with E-state index in [4.69, 9.17) is 9.68 Å². The molecule has 8 heteroatoms. The largest absolute Gasteiger partial charge is 0.455 e. The number of carbonyl (C=O) groups is 1. The number of hydrogen-bond donors (Lipinski definition) is 1. The van der Waals surface area contributed by atoms with E-state index in [1.165, 1.54) is 35.6 Å². The highest BCUT2D eigenvalue weighted by Crippen LogP contribution is 2.24. The van der Waals surface area contributed by atoms with Gasteiger partial charge in [-0.05, 0) is 35.7 Å². The molecule has 3 rings (SSSR count). The van der Waals surface area contributed by atoms with Crippen LogP contribution in [0.25, 0.3) is 0 Å². The average Bonchev–Trinajstić information content (AvgIpc) is 3.24. The van der Waals surface area contributed by atoms with Gasteiger partial charge in [0.1, 0.15) is 22.6 Å². The van der Waals surface area contributed by atoms with E-state index in [0.29, 0.717) is 10.6 Å². The van der Waals surface area contributed by atoms with Crippen LogP contribution < -0.4 is 5.32 Å². The summed E-state index contributed by atoms with van der Waals surface area (Å²) in [4.78, 5) is 12.4. The van der Waals surface area contributed by atoms with Crippen LogP contribution in [0.5, 0.6) is 0 Å². The minimum atomic E-state index is -3.55. The quantitative estimate of drug-likeness (QED) is 0.739. The first-order chi connectivity index (χ1) is 12.0. The van der Waals surface area contributed by atoms with Crippen molar-refractivity contribution in [1.82, 2.24) is 0 Å². The van der Waals surface area contributed by atoms with Crippen LogP contribution in [0.3, 0.4) is 0 Å². The second-order valence-corrected chi connectivity index (χ2v) is 7.97. The third kappa shape index (κ3) is 3.79. The summed E-state index contributed by atoms with van der Waals surface area (Å²) in [5.74, 6) is -0.731. The van der Waals surface area contributed by atoms with E-state index in [-0.39, 0.29) is 22.2 Å². The third-order valence-electron chi connectivity index (χ3n) is 3.33. The zero-order valence-corrected chi connectivity index (χ0v) is 14.4. The van der Waals surface area contributed by atoms with Crippen molar-refractivity contribution in [3.63, 3.8) is 0 Å². The van der Waals surface area contributed by atoms with Crippen LogP contribution >= 0.6 is 11.3 Å². The normalized spacial score (nSPS) is 11.0. The summed E-state index contributed by atoms with van der Waals surface area (Å²) >= 11 is 1.22. The Labute approximate surface area is 148 Å². The Kier molecular flexibility index (Phi) is 4.70. The Morgan fingerprint density at radius 2 is 1.92 bits per heavy atom. The average molecular weight is 372 g/mol. The predicted molar refractivity (Wildman–Crippen MR) is 93.0 cm³/mol. The van der Waals surface area contributed by atoms with E-state index in [1.807, 2.05) is 6.07 Å². The standard InChI is InChI=1S/C17H12N2O4S2/c18-10-12-8-9-24-17(12)19-16(20)15-7-6-13(23-15)11-25(21,22)14-4-2-1-3-5-14/h1-9H,11H2,(H,19,20). The molecule has 3 aromatic rings. The number of carbonyl (C=O) groups excluding carboxylic acids is 1. The van der Waals surface area contributed by atoms with Crippen molar-refractivity contribution in [1.29, 1.82) is 5.26 Å². The Balaban J connectivity index is 1.74. The van der Waals surface area contributed by atoms with Gasteiger partial charge in [-0.1, -0.05) is 18.2 Å². The first-order valence-electron chi connectivity index (χ1n) is 7.15. The monoisotopic (exact) mass is 372 g/mol. The van der Waals surface area contributed by atoms with Gasteiger partial charge in [-0.25, -0.2) is 8.42 Å². The summed E-state index contributed by atoms with van der Waals surface area (Å²) < 4.78 is 30.0. The lowest BCUT2D eigenvalue weighted by Crippen LogP contribution is -2.10. The van der Waals surface area contributed by atoms with Crippen LogP contribution in [0.1, 0.15) is 21.9 Å². The van der Waals surface area contributed by atoms with Crippen LogP contribution in [0.4, 0.5) is 5.00 Å². The number of sulfone groups is 1. The smallest absolute Gasteiger partial charge is 0.292 e. The fourth-order valence-corrected chi connectivity index (χ4v) is 4.14. The Morgan fingerprint density at radius 1 is 1.16 bits per heavy atom. The number of nitriles is 1. The summed E-state index contributed by atoms with van der Waals surface area (Å²) in [6.45, 7) is 0. The van der Waals surface area contributed by atoms with Gasteiger partial charge in [-0.15, -0.1) is 11.3 Å². The molecule has 1 amide bonds. The van der Waals surface area contributed by atoms with Gasteiger partial charge in [0, 0.05) is 0 Å². The molecule has 0 saturated heterocycles. The molecule has 0 spiro atoms. The van der Waals surface area contributed by atoms with E-state index in [2.05, 4.69) is 5.32 Å². The maximum Gasteiger partial charge on any atom is 0.292 e. The number of thiophene rings is 1. The van der Waals surface area contributed by atoms with Crippen molar-refractivity contribution in [2.45, 2.75) is 10.6 Å². The summed E-state index contributed by atoms with van der Waals surface area (Å²) in [5.41, 5.74) is 0.358. The van der Waals surface area contributed by atoms with Gasteiger partial charge in [0.25, 0.3) is 5.91 Å². The molecule has 126 valence electrons. The highest BCUT2D eigenvalue weighted by Gasteiger charge is 2.19. The number of furan rings is 1. The molecule has 0 aliphatic carbocycles. The van der Waals surface area contributed by atoms with Gasteiger partial charge in [-0.3, -0.25) is 4.79 Å². The number of amides is 1. The lowest BCUT2D eigenvalue weighted by molar-refractivity contribution is 0.0995. The molecule has 2 heterocycles. The molecule has 0 saturated carbocycles. The molecular weight excluding hydrogens is 360 g/mol. The lowest BCUT2D eigenvalue weighted by Gasteiger charge is -2.02. The molecule has 1 aromatic carbocycles. The number of benzene rings is 1. The Bertz CT molecular complexity index is 1040. The fourth-order valence-electron chi connectivity index (χ4n) is 2.13. The van der Waals surface area contributed by atoms with Crippen molar-refractivity contribution in [3.8, 4) is 6.07 Å². The molecule has 0 radical (unpaired) electrons. The molecule has 0 fully saturated rings. The zero-order chi connectivity index (χ0) is 17.9. The highest BCUT2D eigenvalue weighted by atomic mass is 32.2. The van der Waals surface area contributed by atoms with Gasteiger partial charge < -0.3 is 9.73 Å². The molecule has 2 aromatic heterocycles. The molecule has 0 atom stereocenters. The third-order valence-corrected chi connectivity index (χ3v) is 5.82. The van der Waals surface area contributed by atoms with Gasteiger partial charge in [0.15, 0.2) is 15.6 Å². The van der Waals surface area contributed by atoms with Gasteiger partial charge in [0.05, 0.1) is 10.5 Å². The number of nitrogens with one attached hydrogen (secondary N) is 1. The first kappa shape index (κ1) is 17.0. The minimum Gasteiger partial charge on any atom is -0.455 e. The number of hydrogen-bond acceptors (Lipinski definition) is 6. The molecule has 25 heavy (non-hydrogen) atoms. The van der Waals surface area contributed by atoms with Crippen LogP contribution in [0, 0.1) is 11.3 Å². The molecule has 0 unspecified atom stereocenters. The summed E-state index contributed by atoms with van der Waals surface area (Å²) in [7, 11) is -3.55. The molecule has 0 aliphatic rings. The van der Waals surface area contributed by atoms with Crippen LogP contribution in [-0.2, 0) is 15.6 Å². The van der Waals surface area contributed by atoms with Crippen molar-refractivity contribution in [2.75, 3.05) is 5.32 Å². The van der Waals surface area contributed by atoms with E-state index < -0.39 is 15.7 Å². The molecule has 1 N–H and O–H groups in total. The number of nitrogens with zero attached hydrogens (tertiary/aromatic N) is 1. The van der Waals surface area contributed by atoms with Crippen LogP contribution in [-0.4, -0.2) is 14.3 Å². The van der Waals surface area contributed by atoms with Crippen LogP contribution in [0.15, 0.2) is 63.2 Å². The fraction of sp³-hybridized carbons (Fsp3) is 0.0588. The highest BCUT2D eigenvalue weighted by molar-refractivity contribution is 7.90. The topological polar surface area (TPSA) is 100 Å². The summed E-state index contributed by atoms with van der Waals surface area (Å²) in [6.07, 6.45) is 0. The zero-order valence-electron chi connectivity index (χ0n) is 12.8. The van der Waals surface area contributed by atoms with Crippen molar-refractivity contribution < 1.29 is 17.6 Å². The minimum absolute atomic E-state index is 0.0180. The Morgan fingerprint density at radius 3 is 2.64 bits per heavy atom. The van der Waals surface area contributed by atoms with E-state index in [1.54, 1.807) is 29.6 Å². The summed E-state index contributed by atoms with van der Waals surface area (Å²) in [5, 5.41) is 13.6. The Hall–Kier alpha value is -2.89. The van der Waals surface area contributed by atoms with Crippen LogP contribution in [0.2, 0.25) is 0 Å². The number of anilines is 1. The maximum atomic E-state index is 12.3. The predicted octanol–water partition coefficient (Wildman–Crippen LogP) is 3.44. The molecule has 6 nitrogen and oxygen atoms in total. The first-order valence-corrected chi connectivity index (χ1v) is 9.68. The molecule has 0 aliphatic heterocycles. The number of rotatable bonds is 5. The van der Waals surface area contributed by atoms with Crippen molar-refractivity contribution in [2.24, 2.45) is 0 Å². The van der Waals surface area contributed by atoms with Gasteiger partial charge >= 0.3 is 0 Å². The lowest BCUT2D eigenvalue weighted by atomic mass is 10.3. The van der Waals surface area contributed by atoms with Crippen molar-refractivity contribution >= 4 is 32.1 Å². The van der Waals surface area contributed by atoms with E-state index >= 15 is 0 Å². The van der Waals surface area contributed by atoms with E-state index in [9.17, 15) is 13.2 Å². The second-order valence-electron chi connectivity index (χ2n) is 5.07. The summed E-state index contributed by atoms with van der Waals surface area (Å²) in [6, 6.07) is 14.5. The van der Waals surface area contributed by atoms with Crippen molar-refractivity contribution in [3.05, 3.63) is 71.0 Å². The van der Waals surface area contributed by atoms with Gasteiger partial charge in [-0.2, -0.15) is 5.26 Å². The second kappa shape index (κ2) is 6.93. The van der Waals surface area contributed by atoms with E-state index in [0.717, 1.165) is 0 Å².